The molecule has 54 heavy (non-hydrogen) atoms. The molecular formula is C46H36N4O4. The van der Waals surface area contributed by atoms with E-state index in [9.17, 15) is 4.79 Å². The van der Waals surface area contributed by atoms with Gasteiger partial charge < -0.3 is 24.2 Å². The van der Waals surface area contributed by atoms with E-state index < -0.39 is 11.8 Å². The highest BCUT2D eigenvalue weighted by Crippen LogP contribution is 2.48. The zero-order valence-corrected chi connectivity index (χ0v) is 30.0. The van der Waals surface area contributed by atoms with Crippen molar-refractivity contribution in [1.82, 2.24) is 19.9 Å². The van der Waals surface area contributed by atoms with Crippen molar-refractivity contribution in [2.24, 2.45) is 5.92 Å². The summed E-state index contributed by atoms with van der Waals surface area (Å²) in [5.41, 5.74) is 9.95. The Balaban J connectivity index is 1.54. The lowest BCUT2D eigenvalue weighted by Gasteiger charge is -2.32. The van der Waals surface area contributed by atoms with Crippen LogP contribution in [0.1, 0.15) is 30.0 Å². The van der Waals surface area contributed by atoms with Gasteiger partial charge in [0, 0.05) is 35.2 Å². The standard InChI is InChI=1S/C46H36N4O4/c1-28(2)46(52-3)42-38(30-18-10-5-11-19-30)34-25-24-33(47-34)37(29-16-8-4-9-17-29)41-45(51)53-43(49-41)39(31-20-12-6-13-21-31)35-26-27-36(48-35)40(44(50-42)54-46)32-22-14-7-15-23-32/h4-28,47-48H,1-3H3. The van der Waals surface area contributed by atoms with Crippen molar-refractivity contribution < 1.29 is 19.0 Å². The average molecular weight is 709 g/mol. The summed E-state index contributed by atoms with van der Waals surface area (Å²) < 4.78 is 19.6. The number of benzene rings is 4. The molecule has 5 heterocycles. The molecule has 7 aromatic rings. The number of hydrogen-bond acceptors (Lipinski definition) is 6. The predicted molar refractivity (Wildman–Crippen MR) is 212 cm³/mol. The summed E-state index contributed by atoms with van der Waals surface area (Å²) in [5.74, 6) is -1.36. The molecule has 0 spiro atoms. The van der Waals surface area contributed by atoms with E-state index in [1.54, 1.807) is 7.11 Å². The number of H-pyrrole nitrogens is 2. The first-order valence-electron chi connectivity index (χ1n) is 17.9. The number of methoxy groups -OCH3 is 1. The maximum Gasteiger partial charge on any atom is 0.364 e. The molecule has 0 aliphatic carbocycles. The van der Waals surface area contributed by atoms with Gasteiger partial charge in [-0.3, -0.25) is 0 Å². The Labute approximate surface area is 312 Å². The molecule has 4 aromatic carbocycles. The van der Waals surface area contributed by atoms with E-state index in [-0.39, 0.29) is 17.5 Å². The highest BCUT2D eigenvalue weighted by atomic mass is 16.7. The van der Waals surface area contributed by atoms with Crippen LogP contribution in [0, 0.1) is 5.92 Å². The number of fused-ring (bicyclic) bond motifs is 8. The van der Waals surface area contributed by atoms with Crippen molar-refractivity contribution in [3.05, 3.63) is 157 Å². The number of ether oxygens (including phenoxy) is 3. The maximum absolute atomic E-state index is 14.1. The molecule has 0 radical (unpaired) electrons. The second-order valence-corrected chi connectivity index (χ2v) is 13.6. The van der Waals surface area contributed by atoms with Crippen molar-refractivity contribution in [1.29, 1.82) is 0 Å². The lowest BCUT2D eigenvalue weighted by molar-refractivity contribution is -0.194. The second kappa shape index (κ2) is 13.3. The number of carbonyl (C=O) groups is 1. The number of aromatic nitrogens is 4. The first-order chi connectivity index (χ1) is 26.4. The number of rotatable bonds is 6. The minimum Gasteiger partial charge on any atom is -0.438 e. The number of carbonyl (C=O) groups excluding carboxylic acids is 1. The van der Waals surface area contributed by atoms with Gasteiger partial charge in [0.15, 0.2) is 5.69 Å². The first kappa shape index (κ1) is 33.1. The Morgan fingerprint density at radius 1 is 0.537 bits per heavy atom. The van der Waals surface area contributed by atoms with E-state index in [0.29, 0.717) is 33.7 Å². The van der Waals surface area contributed by atoms with Crippen LogP contribution in [0.3, 0.4) is 0 Å². The molecule has 264 valence electrons. The van der Waals surface area contributed by atoms with E-state index >= 15 is 0 Å². The molecule has 0 amide bonds. The van der Waals surface area contributed by atoms with Crippen molar-refractivity contribution in [2.75, 3.05) is 7.11 Å². The zero-order valence-electron chi connectivity index (χ0n) is 30.0. The van der Waals surface area contributed by atoms with E-state index in [1.165, 1.54) is 0 Å². The predicted octanol–water partition coefficient (Wildman–Crippen LogP) is 10.7. The summed E-state index contributed by atoms with van der Waals surface area (Å²) >= 11 is 0. The molecule has 2 N–H and O–H groups in total. The summed E-state index contributed by atoms with van der Waals surface area (Å²) in [5, 5.41) is 0. The molecular weight excluding hydrogens is 673 g/mol. The fourth-order valence-corrected chi connectivity index (χ4v) is 7.49. The summed E-state index contributed by atoms with van der Waals surface area (Å²) in [4.78, 5) is 31.8. The van der Waals surface area contributed by atoms with Gasteiger partial charge in [-0.2, -0.15) is 0 Å². The van der Waals surface area contributed by atoms with Gasteiger partial charge in [0.1, 0.15) is 5.69 Å². The van der Waals surface area contributed by atoms with Gasteiger partial charge in [0.25, 0.3) is 5.79 Å². The van der Waals surface area contributed by atoms with Crippen LogP contribution in [0.4, 0.5) is 0 Å². The smallest absolute Gasteiger partial charge is 0.364 e. The molecule has 1 atom stereocenters. The van der Waals surface area contributed by atoms with Gasteiger partial charge in [0.05, 0.1) is 22.2 Å². The maximum atomic E-state index is 14.1. The number of hydrogen-bond donors (Lipinski definition) is 2. The van der Waals surface area contributed by atoms with Gasteiger partial charge in [-0.25, -0.2) is 14.8 Å². The minimum absolute atomic E-state index is 0.161. The number of nitrogens with zero attached hydrogens (tertiary/aromatic N) is 2. The van der Waals surface area contributed by atoms with Crippen LogP contribution in [0.2, 0.25) is 0 Å². The van der Waals surface area contributed by atoms with E-state index in [1.807, 2.05) is 133 Å². The van der Waals surface area contributed by atoms with Crippen LogP contribution < -0.4 is 9.47 Å². The third-order valence-corrected chi connectivity index (χ3v) is 10.1. The van der Waals surface area contributed by atoms with Gasteiger partial charge in [-0.1, -0.05) is 135 Å². The highest BCUT2D eigenvalue weighted by Gasteiger charge is 2.47. The molecule has 0 fully saturated rings. The fourth-order valence-electron chi connectivity index (χ4n) is 7.49. The molecule has 2 aliphatic rings. The van der Waals surface area contributed by atoms with Crippen LogP contribution in [-0.4, -0.2) is 33.0 Å². The molecule has 2 aliphatic heterocycles. The van der Waals surface area contributed by atoms with E-state index in [4.69, 9.17) is 24.2 Å². The van der Waals surface area contributed by atoms with Crippen molar-refractivity contribution in [3.8, 4) is 56.3 Å². The molecule has 0 saturated carbocycles. The molecule has 8 bridgehead atoms. The molecule has 1 unspecified atom stereocenters. The third-order valence-electron chi connectivity index (χ3n) is 10.1. The van der Waals surface area contributed by atoms with Crippen molar-refractivity contribution >= 4 is 28.0 Å². The summed E-state index contributed by atoms with van der Waals surface area (Å²) in [6.07, 6.45) is 0. The Hall–Kier alpha value is -6.77. The summed E-state index contributed by atoms with van der Waals surface area (Å²) in [7, 11) is 1.67. The molecule has 0 saturated heterocycles. The topological polar surface area (TPSA) is 102 Å². The van der Waals surface area contributed by atoms with Gasteiger partial charge in [-0.15, -0.1) is 0 Å². The number of esters is 1. The van der Waals surface area contributed by atoms with Gasteiger partial charge >= 0.3 is 5.97 Å². The lowest BCUT2D eigenvalue weighted by atomic mass is 9.92. The molecule has 8 heteroatoms. The van der Waals surface area contributed by atoms with Crippen molar-refractivity contribution in [2.45, 2.75) is 19.6 Å². The summed E-state index contributed by atoms with van der Waals surface area (Å²) in [6, 6.07) is 47.6. The Morgan fingerprint density at radius 3 is 1.41 bits per heavy atom. The second-order valence-electron chi connectivity index (χ2n) is 13.6. The Kier molecular flexibility index (Phi) is 8.17. The highest BCUT2D eigenvalue weighted by molar-refractivity contribution is 6.04. The van der Waals surface area contributed by atoms with Crippen LogP contribution in [0.15, 0.2) is 146 Å². The van der Waals surface area contributed by atoms with Crippen LogP contribution in [0.5, 0.6) is 11.8 Å². The van der Waals surface area contributed by atoms with Crippen molar-refractivity contribution in [3.63, 3.8) is 0 Å². The first-order valence-corrected chi connectivity index (χ1v) is 17.9. The minimum atomic E-state index is -1.26. The zero-order chi connectivity index (χ0) is 36.8. The molecule has 9 rings (SSSR count). The SMILES string of the molecule is COC1(C(C)C)Oc2nc1c(-c1ccccc1)c1ccc([nH]1)c(-c1ccccc1)c1nc(c(-c3ccccc3)c3ccc([nH]3)c2-c2ccccc2)OC1=O. The van der Waals surface area contributed by atoms with Gasteiger partial charge in [-0.05, 0) is 46.5 Å². The normalized spacial score (nSPS) is 15.2. The Morgan fingerprint density at radius 2 is 0.944 bits per heavy atom. The van der Waals surface area contributed by atoms with Crippen LogP contribution in [-0.2, 0) is 10.5 Å². The quantitative estimate of drug-likeness (QED) is 0.167. The molecule has 8 nitrogen and oxygen atoms in total. The fraction of sp³-hybridized carbons (Fsp3) is 0.109. The van der Waals surface area contributed by atoms with E-state index in [0.717, 1.165) is 44.4 Å². The Bertz CT molecular complexity index is 2690. The average Bonchev–Trinajstić information content (AvgIpc) is 4.02. The summed E-state index contributed by atoms with van der Waals surface area (Å²) in [6.45, 7) is 4.14. The third kappa shape index (κ3) is 5.47. The number of aromatic amines is 2. The lowest BCUT2D eigenvalue weighted by Crippen LogP contribution is -2.38. The van der Waals surface area contributed by atoms with Gasteiger partial charge in [0.2, 0.25) is 11.8 Å². The van der Waals surface area contributed by atoms with E-state index in [2.05, 4.69) is 35.9 Å². The number of nitrogens with one attached hydrogen (secondary N) is 2. The van der Waals surface area contributed by atoms with Crippen LogP contribution >= 0.6 is 0 Å². The largest absolute Gasteiger partial charge is 0.438 e. The molecule has 3 aromatic heterocycles. The monoisotopic (exact) mass is 708 g/mol. The van der Waals surface area contributed by atoms with Crippen LogP contribution in [0.25, 0.3) is 66.6 Å².